The third kappa shape index (κ3) is 4.01. The highest BCUT2D eigenvalue weighted by molar-refractivity contribution is 5.79. The van der Waals surface area contributed by atoms with Crippen molar-refractivity contribution in [1.29, 1.82) is 0 Å². The third-order valence-corrected chi connectivity index (χ3v) is 4.98. The van der Waals surface area contributed by atoms with Gasteiger partial charge >= 0.3 is 0 Å². The zero-order valence-corrected chi connectivity index (χ0v) is 17.1. The van der Waals surface area contributed by atoms with Gasteiger partial charge in [0.2, 0.25) is 5.95 Å². The lowest BCUT2D eigenvalue weighted by Gasteiger charge is -2.21. The molecular formula is C22H16F3N7O. The van der Waals surface area contributed by atoms with Crippen LogP contribution in [-0.2, 0) is 0 Å². The van der Waals surface area contributed by atoms with Crippen molar-refractivity contribution < 1.29 is 13.2 Å². The number of pyridine rings is 2. The number of nitrogens with two attached hydrogens (primary N) is 2. The summed E-state index contributed by atoms with van der Waals surface area (Å²) in [7, 11) is 0. The second-order valence-electron chi connectivity index (χ2n) is 7.22. The van der Waals surface area contributed by atoms with Crippen LogP contribution in [0.3, 0.4) is 0 Å². The molecule has 166 valence electrons. The fourth-order valence-corrected chi connectivity index (χ4v) is 3.57. The molecule has 1 aromatic carbocycles. The predicted molar refractivity (Wildman–Crippen MR) is 118 cm³/mol. The quantitative estimate of drug-likeness (QED) is 0.403. The summed E-state index contributed by atoms with van der Waals surface area (Å²) in [5, 5.41) is 2.97. The maximum Gasteiger partial charge on any atom is 0.268 e. The molecule has 8 nitrogen and oxygen atoms in total. The van der Waals surface area contributed by atoms with E-state index in [2.05, 4.69) is 20.1 Å². The molecular weight excluding hydrogens is 435 g/mol. The number of hydrogen-bond acceptors (Lipinski definition) is 6. The Morgan fingerprint density at radius 2 is 1.76 bits per heavy atom. The van der Waals surface area contributed by atoms with Gasteiger partial charge < -0.3 is 16.8 Å². The van der Waals surface area contributed by atoms with E-state index in [4.69, 9.17) is 18.0 Å². The lowest BCUT2D eigenvalue weighted by Crippen LogP contribution is -2.21. The van der Waals surface area contributed by atoms with Crippen molar-refractivity contribution in [3.63, 3.8) is 0 Å². The van der Waals surface area contributed by atoms with Crippen LogP contribution in [0.5, 0.6) is 0 Å². The van der Waals surface area contributed by atoms with E-state index in [1.165, 1.54) is 12.1 Å². The molecule has 0 radical (unpaired) electrons. The summed E-state index contributed by atoms with van der Waals surface area (Å²) in [6.07, 6.45) is 0.988. The molecule has 0 fully saturated rings. The molecule has 0 aliphatic carbocycles. The van der Waals surface area contributed by atoms with Gasteiger partial charge in [0.25, 0.3) is 11.2 Å². The van der Waals surface area contributed by atoms with E-state index in [1.807, 2.05) is 0 Å². The van der Waals surface area contributed by atoms with Crippen molar-refractivity contribution in [2.45, 2.75) is 13.0 Å². The Hall–Kier alpha value is -4.59. The smallest absolute Gasteiger partial charge is 0.268 e. The number of nitrogen functional groups attached to an aromatic ring is 2. The molecule has 0 unspecified atom stereocenters. The average molecular weight is 451 g/mol. The molecule has 0 saturated carbocycles. The maximum atomic E-state index is 14.0. The van der Waals surface area contributed by atoms with Crippen LogP contribution in [0.4, 0.5) is 36.4 Å². The Kier molecular flexibility index (Phi) is 5.35. The maximum absolute atomic E-state index is 14.0. The van der Waals surface area contributed by atoms with E-state index in [0.29, 0.717) is 17.1 Å². The number of nitrogens with zero attached hydrogens (tertiary/aromatic N) is 4. The van der Waals surface area contributed by atoms with Gasteiger partial charge in [-0.1, -0.05) is 0 Å². The topological polar surface area (TPSA) is 116 Å². The minimum absolute atomic E-state index is 0.0261. The van der Waals surface area contributed by atoms with Crippen LogP contribution in [0.25, 0.3) is 21.5 Å². The van der Waals surface area contributed by atoms with Gasteiger partial charge in [-0.15, -0.1) is 0 Å². The monoisotopic (exact) mass is 451 g/mol. The van der Waals surface area contributed by atoms with Gasteiger partial charge in [-0.3, -0.25) is 9.20 Å². The molecule has 0 spiro atoms. The van der Waals surface area contributed by atoms with Crippen LogP contribution in [0.1, 0.15) is 18.5 Å². The van der Waals surface area contributed by atoms with E-state index >= 15 is 0 Å². The zero-order chi connectivity index (χ0) is 23.9. The van der Waals surface area contributed by atoms with Crippen LogP contribution in [-0.4, -0.2) is 14.4 Å². The summed E-state index contributed by atoms with van der Waals surface area (Å²) < 4.78 is 42.9. The lowest BCUT2D eigenvalue weighted by atomic mass is 9.96. The van der Waals surface area contributed by atoms with Gasteiger partial charge in [-0.25, -0.2) is 28.0 Å². The molecule has 3 aromatic heterocycles. The first-order valence-electron chi connectivity index (χ1n) is 9.56. The highest BCUT2D eigenvalue weighted by atomic mass is 19.1. The van der Waals surface area contributed by atoms with Crippen LogP contribution in [0, 0.1) is 24.0 Å². The van der Waals surface area contributed by atoms with Gasteiger partial charge in [0.1, 0.15) is 29.1 Å². The summed E-state index contributed by atoms with van der Waals surface area (Å²) in [6, 6.07) is 6.12. The highest BCUT2D eigenvalue weighted by Crippen LogP contribution is 2.34. The molecule has 0 amide bonds. The van der Waals surface area contributed by atoms with Crippen molar-refractivity contribution in [3.8, 4) is 11.1 Å². The zero-order valence-electron chi connectivity index (χ0n) is 17.1. The number of hydrogen-bond donors (Lipinski definition) is 3. The molecule has 0 saturated heterocycles. The number of anilines is 3. The van der Waals surface area contributed by atoms with Crippen molar-refractivity contribution in [2.75, 3.05) is 16.8 Å². The van der Waals surface area contributed by atoms with E-state index < -0.39 is 29.1 Å². The Balaban J connectivity index is 1.96. The van der Waals surface area contributed by atoms with Crippen molar-refractivity contribution in [3.05, 3.63) is 87.4 Å². The van der Waals surface area contributed by atoms with Gasteiger partial charge in [-0.2, -0.15) is 0 Å². The highest BCUT2D eigenvalue weighted by Gasteiger charge is 2.22. The Morgan fingerprint density at radius 1 is 1.06 bits per heavy atom. The van der Waals surface area contributed by atoms with Gasteiger partial charge in [0.15, 0.2) is 0 Å². The first-order chi connectivity index (χ1) is 15.7. The second-order valence-corrected chi connectivity index (χ2v) is 7.22. The fourth-order valence-electron chi connectivity index (χ4n) is 3.57. The first-order valence-corrected chi connectivity index (χ1v) is 9.56. The standard InChI is InChI=1S/C22H16F3N7O/c1-10(29-20-18(28-2)19(26)30-22(27)31-20)16-8-15-4-3-12(23)9-32(15)21(33)17(16)11-5-13(24)7-14(25)6-11/h3-10H,1H3,(H5,26,27,29,30,31)/t10-/m0/s1. The van der Waals surface area contributed by atoms with Crippen LogP contribution >= 0.6 is 0 Å². The third-order valence-electron chi connectivity index (χ3n) is 4.98. The Morgan fingerprint density at radius 3 is 2.42 bits per heavy atom. The van der Waals surface area contributed by atoms with Gasteiger partial charge in [-0.05, 0) is 48.4 Å². The van der Waals surface area contributed by atoms with Crippen LogP contribution in [0.15, 0.2) is 47.4 Å². The van der Waals surface area contributed by atoms with Crippen molar-refractivity contribution in [1.82, 2.24) is 14.4 Å². The Bertz CT molecular complexity index is 1490. The van der Waals surface area contributed by atoms with Crippen molar-refractivity contribution in [2.24, 2.45) is 0 Å². The largest absolute Gasteiger partial charge is 0.392 e. The molecule has 3 heterocycles. The molecule has 11 heteroatoms. The first kappa shape index (κ1) is 21.6. The molecule has 0 aliphatic heterocycles. The van der Waals surface area contributed by atoms with E-state index in [9.17, 15) is 18.0 Å². The summed E-state index contributed by atoms with van der Waals surface area (Å²) in [4.78, 5) is 24.4. The summed E-state index contributed by atoms with van der Waals surface area (Å²) >= 11 is 0. The number of fused-ring (bicyclic) bond motifs is 1. The normalized spacial score (nSPS) is 11.8. The average Bonchev–Trinajstić information content (AvgIpc) is 2.73. The van der Waals surface area contributed by atoms with E-state index in [0.717, 1.165) is 22.7 Å². The van der Waals surface area contributed by atoms with E-state index in [1.54, 1.807) is 13.0 Å². The van der Waals surface area contributed by atoms with E-state index in [-0.39, 0.29) is 34.4 Å². The molecule has 4 rings (SSSR count). The second kappa shape index (κ2) is 8.16. The van der Waals surface area contributed by atoms with Crippen LogP contribution < -0.4 is 22.3 Å². The Labute approximate surface area is 185 Å². The number of benzene rings is 1. The van der Waals surface area contributed by atoms with Crippen molar-refractivity contribution >= 4 is 28.8 Å². The summed E-state index contributed by atoms with van der Waals surface area (Å²) in [5.41, 5.74) is 11.2. The van der Waals surface area contributed by atoms with Crippen LogP contribution in [0.2, 0.25) is 0 Å². The molecule has 5 N–H and O–H groups in total. The SMILES string of the molecule is [C-]#[N+]c1c(N)nc(N)nc1N[C@@H](C)c1cc2ccc(F)cn2c(=O)c1-c1cc(F)cc(F)c1. The summed E-state index contributed by atoms with van der Waals surface area (Å²) in [5.74, 6) is -2.70. The lowest BCUT2D eigenvalue weighted by molar-refractivity contribution is 0.584. The number of rotatable bonds is 4. The number of halogens is 3. The number of nitrogens with one attached hydrogen (secondary N) is 1. The van der Waals surface area contributed by atoms with Gasteiger partial charge in [0.05, 0.1) is 12.1 Å². The molecule has 0 aliphatic rings. The fraction of sp³-hybridized carbons (Fsp3) is 0.0909. The molecule has 1 atom stereocenters. The molecule has 0 bridgehead atoms. The minimum atomic E-state index is -0.882. The number of aromatic nitrogens is 3. The van der Waals surface area contributed by atoms with Gasteiger partial charge in [0, 0.05) is 23.8 Å². The summed E-state index contributed by atoms with van der Waals surface area (Å²) in [6.45, 7) is 8.99. The predicted octanol–water partition coefficient (Wildman–Crippen LogP) is 4.06. The molecule has 33 heavy (non-hydrogen) atoms. The minimum Gasteiger partial charge on any atom is -0.392 e. The molecule has 4 aromatic rings.